The number of methoxy groups -OCH3 is 1. The number of para-hydroxylation sites is 1. The van der Waals surface area contributed by atoms with E-state index < -0.39 is 5.54 Å². The number of carbonyl (C=O) groups is 1. The van der Waals surface area contributed by atoms with Gasteiger partial charge in [0.1, 0.15) is 5.54 Å². The maximum absolute atomic E-state index is 12.4. The van der Waals surface area contributed by atoms with Crippen LogP contribution in [0.2, 0.25) is 0 Å². The SMILES string of the molecule is COC(=O)C1(Nc2ccccc2)CCC(C(C)(C)C)CC1. The lowest BCUT2D eigenvalue weighted by Crippen LogP contribution is -2.50. The first-order valence-electron chi connectivity index (χ1n) is 7.79. The first-order valence-corrected chi connectivity index (χ1v) is 7.79. The average molecular weight is 289 g/mol. The zero-order valence-electron chi connectivity index (χ0n) is 13.6. The van der Waals surface area contributed by atoms with E-state index in [4.69, 9.17) is 4.74 Å². The second kappa shape index (κ2) is 6.08. The van der Waals surface area contributed by atoms with Crippen LogP contribution < -0.4 is 5.32 Å². The molecule has 0 heterocycles. The van der Waals surface area contributed by atoms with Crippen LogP contribution in [0, 0.1) is 11.3 Å². The summed E-state index contributed by atoms with van der Waals surface area (Å²) in [5, 5.41) is 3.44. The molecule has 1 aliphatic rings. The first-order chi connectivity index (χ1) is 9.87. The van der Waals surface area contributed by atoms with Gasteiger partial charge in [0.25, 0.3) is 0 Å². The third kappa shape index (κ3) is 3.58. The highest BCUT2D eigenvalue weighted by atomic mass is 16.5. The quantitative estimate of drug-likeness (QED) is 0.846. The number of benzene rings is 1. The lowest BCUT2D eigenvalue weighted by molar-refractivity contribution is -0.148. The minimum atomic E-state index is -0.572. The molecule has 1 aromatic rings. The van der Waals surface area contributed by atoms with Crippen LogP contribution in [0.1, 0.15) is 46.5 Å². The number of hydrogen-bond acceptors (Lipinski definition) is 3. The van der Waals surface area contributed by atoms with E-state index in [2.05, 4.69) is 26.1 Å². The zero-order chi connectivity index (χ0) is 15.5. The summed E-state index contributed by atoms with van der Waals surface area (Å²) in [6.45, 7) is 6.86. The third-order valence-electron chi connectivity index (χ3n) is 4.80. The van der Waals surface area contributed by atoms with Gasteiger partial charge in [-0.15, -0.1) is 0 Å². The van der Waals surface area contributed by atoms with E-state index in [1.54, 1.807) is 0 Å². The number of rotatable bonds is 3. The Morgan fingerprint density at radius 1 is 1.19 bits per heavy atom. The molecule has 2 rings (SSSR count). The van der Waals surface area contributed by atoms with E-state index in [9.17, 15) is 4.79 Å². The van der Waals surface area contributed by atoms with Crippen LogP contribution in [0.25, 0.3) is 0 Å². The Morgan fingerprint density at radius 3 is 2.24 bits per heavy atom. The maximum Gasteiger partial charge on any atom is 0.331 e. The van der Waals surface area contributed by atoms with E-state index in [1.807, 2.05) is 30.3 Å². The molecule has 0 amide bonds. The highest BCUT2D eigenvalue weighted by Crippen LogP contribution is 2.43. The summed E-state index contributed by atoms with van der Waals surface area (Å²) >= 11 is 0. The molecule has 0 unspecified atom stereocenters. The minimum absolute atomic E-state index is 0.140. The molecular formula is C18H27NO2. The Morgan fingerprint density at radius 2 is 1.76 bits per heavy atom. The van der Waals surface area contributed by atoms with Crippen molar-refractivity contribution in [2.45, 2.75) is 52.0 Å². The summed E-state index contributed by atoms with van der Waals surface area (Å²) in [4.78, 5) is 12.4. The molecule has 1 fully saturated rings. The second-order valence-electron chi connectivity index (χ2n) is 7.21. The monoisotopic (exact) mass is 289 g/mol. The number of carbonyl (C=O) groups excluding carboxylic acids is 1. The van der Waals surface area contributed by atoms with Crippen molar-refractivity contribution in [3.05, 3.63) is 30.3 Å². The fourth-order valence-electron chi connectivity index (χ4n) is 3.35. The summed E-state index contributed by atoms with van der Waals surface area (Å²) < 4.78 is 5.08. The fourth-order valence-corrected chi connectivity index (χ4v) is 3.35. The molecule has 0 spiro atoms. The average Bonchev–Trinajstić information content (AvgIpc) is 2.47. The molecule has 116 valence electrons. The number of ether oxygens (including phenoxy) is 1. The van der Waals surface area contributed by atoms with E-state index >= 15 is 0 Å². The number of anilines is 1. The molecule has 0 saturated heterocycles. The van der Waals surface area contributed by atoms with Gasteiger partial charge < -0.3 is 10.1 Å². The second-order valence-corrected chi connectivity index (χ2v) is 7.21. The Balaban J connectivity index is 2.16. The lowest BCUT2D eigenvalue weighted by atomic mass is 9.67. The number of nitrogens with one attached hydrogen (secondary N) is 1. The molecule has 0 radical (unpaired) electrons. The van der Waals surface area contributed by atoms with Crippen LogP contribution in [0.4, 0.5) is 5.69 Å². The van der Waals surface area contributed by atoms with Gasteiger partial charge in [0, 0.05) is 5.69 Å². The molecule has 0 aliphatic heterocycles. The Labute approximate surface area is 128 Å². The van der Waals surface area contributed by atoms with Crippen molar-refractivity contribution in [2.75, 3.05) is 12.4 Å². The third-order valence-corrected chi connectivity index (χ3v) is 4.80. The van der Waals surface area contributed by atoms with Gasteiger partial charge in [-0.25, -0.2) is 4.79 Å². The van der Waals surface area contributed by atoms with Gasteiger partial charge >= 0.3 is 5.97 Å². The van der Waals surface area contributed by atoms with Crippen molar-refractivity contribution in [3.8, 4) is 0 Å². The van der Waals surface area contributed by atoms with Crippen LogP contribution in [-0.2, 0) is 9.53 Å². The van der Waals surface area contributed by atoms with Crippen molar-refractivity contribution < 1.29 is 9.53 Å². The van der Waals surface area contributed by atoms with Crippen LogP contribution in [-0.4, -0.2) is 18.6 Å². The van der Waals surface area contributed by atoms with E-state index in [0.29, 0.717) is 11.3 Å². The van der Waals surface area contributed by atoms with Gasteiger partial charge in [0.05, 0.1) is 7.11 Å². The van der Waals surface area contributed by atoms with Gasteiger partial charge in [-0.2, -0.15) is 0 Å². The van der Waals surface area contributed by atoms with Crippen molar-refractivity contribution in [1.29, 1.82) is 0 Å². The molecule has 1 aliphatic carbocycles. The standard InChI is InChI=1S/C18H27NO2/c1-17(2,3)14-10-12-18(13-11-14,16(20)21-4)19-15-8-6-5-7-9-15/h5-9,14,19H,10-13H2,1-4H3. The highest BCUT2D eigenvalue weighted by molar-refractivity contribution is 5.84. The number of esters is 1. The van der Waals surface area contributed by atoms with Gasteiger partial charge in [-0.1, -0.05) is 39.0 Å². The molecule has 0 atom stereocenters. The largest absolute Gasteiger partial charge is 0.467 e. The Hall–Kier alpha value is -1.51. The molecule has 3 nitrogen and oxygen atoms in total. The van der Waals surface area contributed by atoms with Crippen molar-refractivity contribution in [3.63, 3.8) is 0 Å². The van der Waals surface area contributed by atoms with Gasteiger partial charge in [-0.3, -0.25) is 0 Å². The van der Waals surface area contributed by atoms with Crippen LogP contribution in [0.15, 0.2) is 30.3 Å². The first kappa shape index (κ1) is 15.9. The topological polar surface area (TPSA) is 38.3 Å². The normalized spacial score (nSPS) is 26.2. The smallest absolute Gasteiger partial charge is 0.331 e. The summed E-state index contributed by atoms with van der Waals surface area (Å²) in [6.07, 6.45) is 3.77. The molecule has 3 heteroatoms. The Bertz CT molecular complexity index is 468. The Kier molecular flexibility index (Phi) is 4.60. The number of hydrogen-bond donors (Lipinski definition) is 1. The summed E-state index contributed by atoms with van der Waals surface area (Å²) in [6, 6.07) is 9.94. The van der Waals surface area contributed by atoms with E-state index in [0.717, 1.165) is 31.4 Å². The minimum Gasteiger partial charge on any atom is -0.467 e. The molecule has 1 aromatic carbocycles. The molecule has 1 saturated carbocycles. The lowest BCUT2D eigenvalue weighted by Gasteiger charge is -2.43. The fraction of sp³-hybridized carbons (Fsp3) is 0.611. The van der Waals surface area contributed by atoms with Crippen LogP contribution >= 0.6 is 0 Å². The van der Waals surface area contributed by atoms with Gasteiger partial charge in [0.2, 0.25) is 0 Å². The van der Waals surface area contributed by atoms with Crippen molar-refractivity contribution in [2.24, 2.45) is 11.3 Å². The molecular weight excluding hydrogens is 262 g/mol. The van der Waals surface area contributed by atoms with Gasteiger partial charge in [-0.05, 0) is 49.1 Å². The van der Waals surface area contributed by atoms with Crippen LogP contribution in [0.5, 0.6) is 0 Å². The molecule has 1 N–H and O–H groups in total. The molecule has 21 heavy (non-hydrogen) atoms. The summed E-state index contributed by atoms with van der Waals surface area (Å²) in [5.74, 6) is 0.520. The predicted molar refractivity (Wildman–Crippen MR) is 86.2 cm³/mol. The molecule has 0 bridgehead atoms. The van der Waals surface area contributed by atoms with Crippen molar-refractivity contribution >= 4 is 11.7 Å². The molecule has 0 aromatic heterocycles. The summed E-state index contributed by atoms with van der Waals surface area (Å²) in [7, 11) is 1.48. The maximum atomic E-state index is 12.4. The van der Waals surface area contributed by atoms with Gasteiger partial charge in [0.15, 0.2) is 0 Å². The summed E-state index contributed by atoms with van der Waals surface area (Å²) in [5.41, 5.74) is 0.712. The zero-order valence-corrected chi connectivity index (χ0v) is 13.6. The van der Waals surface area contributed by atoms with Crippen LogP contribution in [0.3, 0.4) is 0 Å². The van der Waals surface area contributed by atoms with E-state index in [-0.39, 0.29) is 5.97 Å². The predicted octanol–water partition coefficient (Wildman–Crippen LogP) is 4.25. The van der Waals surface area contributed by atoms with E-state index in [1.165, 1.54) is 7.11 Å². The highest BCUT2D eigenvalue weighted by Gasteiger charge is 2.44. The van der Waals surface area contributed by atoms with Crippen molar-refractivity contribution in [1.82, 2.24) is 0 Å².